The number of nitrogens with two attached hydrogens (primary N) is 1. The lowest BCUT2D eigenvalue weighted by Crippen LogP contribution is -2.12. The summed E-state index contributed by atoms with van der Waals surface area (Å²) in [5.74, 6) is 1.62. The van der Waals surface area contributed by atoms with Gasteiger partial charge in [-0.3, -0.25) is 0 Å². The third kappa shape index (κ3) is 3.99. The van der Waals surface area contributed by atoms with Crippen molar-refractivity contribution < 1.29 is 12.9 Å². The maximum absolute atomic E-state index is 11.3. The molecule has 3 aromatic rings. The van der Waals surface area contributed by atoms with Crippen LogP contribution in [0.3, 0.4) is 0 Å². The first-order valence-electron chi connectivity index (χ1n) is 8.56. The van der Waals surface area contributed by atoms with Crippen molar-refractivity contribution in [1.82, 2.24) is 15.1 Å². The Morgan fingerprint density at radius 1 is 1.26 bits per heavy atom. The van der Waals surface area contributed by atoms with Crippen LogP contribution < -0.4 is 10.5 Å². The van der Waals surface area contributed by atoms with Gasteiger partial charge >= 0.3 is 0 Å². The summed E-state index contributed by atoms with van der Waals surface area (Å²) in [5.41, 5.74) is 3.56. The van der Waals surface area contributed by atoms with Crippen molar-refractivity contribution in [2.75, 3.05) is 5.32 Å². The fraction of sp³-hybridized carbons (Fsp3) is 0.278. The second-order valence-electron chi connectivity index (χ2n) is 6.64. The molecule has 0 radical (unpaired) electrons. The van der Waals surface area contributed by atoms with E-state index in [1.807, 2.05) is 13.0 Å². The highest BCUT2D eigenvalue weighted by molar-refractivity contribution is 7.89. The van der Waals surface area contributed by atoms with E-state index in [4.69, 9.17) is 9.66 Å². The Bertz CT molecular complexity index is 1070. The molecule has 1 aromatic carbocycles. The summed E-state index contributed by atoms with van der Waals surface area (Å²) >= 11 is 0. The third-order valence-corrected chi connectivity index (χ3v) is 5.31. The number of primary sulfonamides is 1. The van der Waals surface area contributed by atoms with Gasteiger partial charge in [-0.25, -0.2) is 23.5 Å². The molecule has 1 saturated carbocycles. The van der Waals surface area contributed by atoms with Crippen molar-refractivity contribution in [2.24, 2.45) is 5.14 Å². The molecule has 2 heterocycles. The quantitative estimate of drug-likeness (QED) is 0.668. The molecule has 3 N–H and O–H groups in total. The summed E-state index contributed by atoms with van der Waals surface area (Å²) in [7, 11) is -3.68. The second-order valence-corrected chi connectivity index (χ2v) is 8.20. The lowest BCUT2D eigenvalue weighted by Gasteiger charge is -2.09. The minimum atomic E-state index is -3.68. The van der Waals surface area contributed by atoms with E-state index >= 15 is 0 Å². The first kappa shape index (κ1) is 17.6. The number of hydrogen-bond acceptors (Lipinski definition) is 7. The predicted octanol–water partition coefficient (Wildman–Crippen LogP) is 2.58. The topological polar surface area (TPSA) is 124 Å². The maximum atomic E-state index is 11.3. The van der Waals surface area contributed by atoms with E-state index in [0.717, 1.165) is 35.4 Å². The highest BCUT2D eigenvalue weighted by Gasteiger charge is 2.30. The van der Waals surface area contributed by atoms with E-state index in [-0.39, 0.29) is 4.90 Å². The molecule has 4 rings (SSSR count). The zero-order chi connectivity index (χ0) is 19.0. The van der Waals surface area contributed by atoms with Crippen LogP contribution in [0, 0.1) is 6.92 Å². The van der Waals surface area contributed by atoms with Gasteiger partial charge in [0.15, 0.2) is 5.76 Å². The van der Waals surface area contributed by atoms with Gasteiger partial charge in [-0.1, -0.05) is 17.3 Å². The average Bonchev–Trinajstić information content (AvgIpc) is 3.40. The zero-order valence-electron chi connectivity index (χ0n) is 14.7. The average molecular weight is 385 g/mol. The summed E-state index contributed by atoms with van der Waals surface area (Å²) in [6.45, 7) is 2.34. The normalized spacial score (nSPS) is 14.3. The smallest absolute Gasteiger partial charge is 0.238 e. The van der Waals surface area contributed by atoms with Crippen LogP contribution in [0.1, 0.15) is 35.7 Å². The van der Waals surface area contributed by atoms with E-state index in [0.29, 0.717) is 24.2 Å². The van der Waals surface area contributed by atoms with Crippen LogP contribution in [0.25, 0.3) is 11.3 Å². The Hall–Kier alpha value is -2.78. The van der Waals surface area contributed by atoms with Crippen LogP contribution in [-0.2, 0) is 16.6 Å². The lowest BCUT2D eigenvalue weighted by atomic mass is 10.1. The van der Waals surface area contributed by atoms with Gasteiger partial charge in [0, 0.05) is 24.7 Å². The first-order chi connectivity index (χ1) is 12.9. The Labute approximate surface area is 156 Å². The monoisotopic (exact) mass is 385 g/mol. The van der Waals surface area contributed by atoms with Crippen molar-refractivity contribution >= 4 is 16.0 Å². The van der Waals surface area contributed by atoms with Crippen molar-refractivity contribution in [1.29, 1.82) is 0 Å². The van der Waals surface area contributed by atoms with Crippen molar-refractivity contribution in [3.05, 3.63) is 53.5 Å². The molecule has 9 heteroatoms. The highest BCUT2D eigenvalue weighted by atomic mass is 32.2. The van der Waals surface area contributed by atoms with Gasteiger partial charge in [-0.15, -0.1) is 0 Å². The number of sulfonamides is 1. The summed E-state index contributed by atoms with van der Waals surface area (Å²) in [6.07, 6.45) is 3.96. The molecule has 0 amide bonds. The van der Waals surface area contributed by atoms with Crippen molar-refractivity contribution in [2.45, 2.75) is 37.1 Å². The van der Waals surface area contributed by atoms with Crippen molar-refractivity contribution in [3.63, 3.8) is 0 Å². The summed E-state index contributed by atoms with van der Waals surface area (Å²) in [6, 6.07) is 8.27. The Balaban J connectivity index is 1.52. The number of benzene rings is 1. The fourth-order valence-corrected chi connectivity index (χ4v) is 3.32. The van der Waals surface area contributed by atoms with E-state index in [1.54, 1.807) is 18.3 Å². The summed E-state index contributed by atoms with van der Waals surface area (Å²) in [4.78, 5) is 9.14. The number of aryl methyl sites for hydroxylation is 1. The molecule has 0 bridgehead atoms. The predicted molar refractivity (Wildman–Crippen MR) is 99.4 cm³/mol. The van der Waals surface area contributed by atoms with Crippen LogP contribution in [-0.4, -0.2) is 23.5 Å². The number of aromatic nitrogens is 3. The molecule has 0 unspecified atom stereocenters. The standard InChI is InChI=1S/C18H19N5O3S/c1-11-8-16(26-23-11)15-10-21-18(22-17(15)13-4-5-13)20-9-12-2-6-14(7-3-12)27(19,24)25/h2-3,6-8,10,13H,4-5,9H2,1H3,(H2,19,24,25)(H,20,21,22). The van der Waals surface area contributed by atoms with Gasteiger partial charge in [-0.2, -0.15) is 0 Å². The number of nitrogens with zero attached hydrogens (tertiary/aromatic N) is 3. The number of anilines is 1. The van der Waals surface area contributed by atoms with Gasteiger partial charge in [-0.05, 0) is 37.5 Å². The first-order valence-corrected chi connectivity index (χ1v) is 10.1. The minimum absolute atomic E-state index is 0.0882. The summed E-state index contributed by atoms with van der Waals surface area (Å²) in [5, 5.41) is 12.2. The minimum Gasteiger partial charge on any atom is -0.356 e. The van der Waals surface area contributed by atoms with Crippen LogP contribution in [0.5, 0.6) is 0 Å². The number of hydrogen-bond donors (Lipinski definition) is 2. The molecule has 0 atom stereocenters. The van der Waals surface area contributed by atoms with Gasteiger partial charge < -0.3 is 9.84 Å². The van der Waals surface area contributed by atoms with Crippen molar-refractivity contribution in [3.8, 4) is 11.3 Å². The molecular formula is C18H19N5O3S. The lowest BCUT2D eigenvalue weighted by molar-refractivity contribution is 0.426. The number of rotatable bonds is 6. The molecule has 0 spiro atoms. The van der Waals surface area contributed by atoms with Gasteiger partial charge in [0.05, 0.1) is 21.8 Å². The van der Waals surface area contributed by atoms with E-state index in [9.17, 15) is 8.42 Å². The molecule has 1 fully saturated rings. The highest BCUT2D eigenvalue weighted by Crippen LogP contribution is 2.43. The molecule has 8 nitrogen and oxygen atoms in total. The number of nitrogens with one attached hydrogen (secondary N) is 1. The van der Waals surface area contributed by atoms with Gasteiger partial charge in [0.2, 0.25) is 16.0 Å². The largest absolute Gasteiger partial charge is 0.356 e. The van der Waals surface area contributed by atoms with E-state index in [1.165, 1.54) is 12.1 Å². The molecule has 27 heavy (non-hydrogen) atoms. The van der Waals surface area contributed by atoms with Gasteiger partial charge in [0.25, 0.3) is 0 Å². The molecular weight excluding hydrogens is 366 g/mol. The molecule has 1 aliphatic carbocycles. The molecule has 0 saturated heterocycles. The Morgan fingerprint density at radius 2 is 2.00 bits per heavy atom. The Kier molecular flexibility index (Phi) is 4.40. The summed E-state index contributed by atoms with van der Waals surface area (Å²) < 4.78 is 28.0. The third-order valence-electron chi connectivity index (χ3n) is 4.38. The molecule has 140 valence electrons. The van der Waals surface area contributed by atoms with E-state index < -0.39 is 10.0 Å². The molecule has 2 aromatic heterocycles. The zero-order valence-corrected chi connectivity index (χ0v) is 15.5. The van der Waals surface area contributed by atoms with Crippen LogP contribution in [0.4, 0.5) is 5.95 Å². The SMILES string of the molecule is Cc1cc(-c2cnc(NCc3ccc(S(N)(=O)=O)cc3)nc2C2CC2)on1. The fourth-order valence-electron chi connectivity index (χ4n) is 2.81. The van der Waals surface area contributed by atoms with Crippen LogP contribution in [0.2, 0.25) is 0 Å². The van der Waals surface area contributed by atoms with Crippen LogP contribution in [0.15, 0.2) is 45.9 Å². The van der Waals surface area contributed by atoms with Crippen LogP contribution >= 0.6 is 0 Å². The molecule has 0 aliphatic heterocycles. The second kappa shape index (κ2) is 6.75. The molecule has 1 aliphatic rings. The van der Waals surface area contributed by atoms with E-state index in [2.05, 4.69) is 20.4 Å². The maximum Gasteiger partial charge on any atom is 0.238 e. The van der Waals surface area contributed by atoms with Gasteiger partial charge in [0.1, 0.15) is 0 Å². The Morgan fingerprint density at radius 3 is 2.59 bits per heavy atom.